The second kappa shape index (κ2) is 7.40. The lowest BCUT2D eigenvalue weighted by Crippen LogP contribution is -2.47. The predicted octanol–water partition coefficient (Wildman–Crippen LogP) is 3.43. The highest BCUT2D eigenvalue weighted by molar-refractivity contribution is 7.98. The van der Waals surface area contributed by atoms with E-state index in [2.05, 4.69) is 5.32 Å². The van der Waals surface area contributed by atoms with E-state index < -0.39 is 15.4 Å². The average molecular weight is 394 g/mol. The van der Waals surface area contributed by atoms with Crippen LogP contribution in [0.1, 0.15) is 29.3 Å². The predicted molar refractivity (Wildman–Crippen MR) is 102 cm³/mol. The highest BCUT2D eigenvalue weighted by Crippen LogP contribution is 2.29. The molecule has 1 aliphatic heterocycles. The first-order chi connectivity index (χ1) is 12.3. The fourth-order valence-electron chi connectivity index (χ4n) is 3.00. The van der Waals surface area contributed by atoms with Crippen LogP contribution in [-0.4, -0.2) is 31.4 Å². The number of carbonyl (C=O) groups is 1. The van der Waals surface area contributed by atoms with Crippen LogP contribution in [0.25, 0.3) is 0 Å². The molecule has 1 heterocycles. The van der Waals surface area contributed by atoms with Crippen molar-refractivity contribution in [3.63, 3.8) is 0 Å². The molecular formula is C19H20FNO3S2. The second-order valence-electron chi connectivity index (χ2n) is 6.73. The molecule has 3 rings (SSSR count). The van der Waals surface area contributed by atoms with E-state index in [1.807, 2.05) is 12.1 Å². The molecule has 1 amide bonds. The first-order valence-electron chi connectivity index (χ1n) is 8.26. The average Bonchev–Trinajstić information content (AvgIpc) is 2.87. The van der Waals surface area contributed by atoms with Crippen molar-refractivity contribution >= 4 is 27.5 Å². The number of sulfone groups is 1. The third-order valence-corrected chi connectivity index (χ3v) is 7.42. The number of hydrogen-bond acceptors (Lipinski definition) is 4. The monoisotopic (exact) mass is 393 g/mol. The fraction of sp³-hybridized carbons (Fsp3) is 0.316. The number of hydrogen-bond donors (Lipinski definition) is 1. The molecule has 1 aliphatic rings. The Labute approximate surface area is 157 Å². The first-order valence-corrected chi connectivity index (χ1v) is 11.1. The zero-order chi connectivity index (χ0) is 18.8. The summed E-state index contributed by atoms with van der Waals surface area (Å²) in [4.78, 5) is 13.5. The molecule has 1 atom stereocenters. The van der Waals surface area contributed by atoms with Gasteiger partial charge < -0.3 is 5.32 Å². The number of thioether (sulfide) groups is 1. The molecular weight excluding hydrogens is 373 g/mol. The quantitative estimate of drug-likeness (QED) is 0.791. The third-order valence-electron chi connectivity index (χ3n) is 4.39. The van der Waals surface area contributed by atoms with Gasteiger partial charge in [0, 0.05) is 10.6 Å². The van der Waals surface area contributed by atoms with Gasteiger partial charge in [0.15, 0.2) is 9.84 Å². The molecule has 1 saturated heterocycles. The van der Waals surface area contributed by atoms with Gasteiger partial charge in [-0.25, -0.2) is 12.8 Å². The van der Waals surface area contributed by atoms with Crippen LogP contribution >= 0.6 is 11.8 Å². The van der Waals surface area contributed by atoms with E-state index in [-0.39, 0.29) is 23.2 Å². The number of nitrogens with one attached hydrogen (secondary N) is 1. The van der Waals surface area contributed by atoms with Crippen LogP contribution in [0.2, 0.25) is 0 Å². The summed E-state index contributed by atoms with van der Waals surface area (Å²) in [6, 6.07) is 13.6. The molecule has 1 unspecified atom stereocenters. The SMILES string of the molecule is CC1(NC(=O)c2ccccc2SCc2ccccc2F)CCS(=O)(=O)C1. The summed E-state index contributed by atoms with van der Waals surface area (Å²) in [5.41, 5.74) is 0.292. The van der Waals surface area contributed by atoms with Crippen molar-refractivity contribution in [2.75, 3.05) is 11.5 Å². The van der Waals surface area contributed by atoms with Gasteiger partial charge in [-0.2, -0.15) is 0 Å². The maximum Gasteiger partial charge on any atom is 0.252 e. The van der Waals surface area contributed by atoms with E-state index in [0.29, 0.717) is 23.3 Å². The number of halogens is 1. The molecule has 0 aromatic heterocycles. The van der Waals surface area contributed by atoms with Crippen LogP contribution in [-0.2, 0) is 15.6 Å². The van der Waals surface area contributed by atoms with Crippen LogP contribution in [0, 0.1) is 5.82 Å². The molecule has 1 fully saturated rings. The molecule has 4 nitrogen and oxygen atoms in total. The minimum absolute atomic E-state index is 0.0454. The number of benzene rings is 2. The minimum Gasteiger partial charge on any atom is -0.346 e. The summed E-state index contributed by atoms with van der Waals surface area (Å²) in [5, 5.41) is 2.87. The van der Waals surface area contributed by atoms with E-state index in [1.54, 1.807) is 37.3 Å². The Morgan fingerprint density at radius 1 is 1.19 bits per heavy atom. The number of amides is 1. The van der Waals surface area contributed by atoms with Gasteiger partial charge in [-0.1, -0.05) is 30.3 Å². The Balaban J connectivity index is 1.74. The molecule has 2 aromatic rings. The largest absolute Gasteiger partial charge is 0.346 e. The van der Waals surface area contributed by atoms with E-state index in [9.17, 15) is 17.6 Å². The molecule has 0 spiro atoms. The van der Waals surface area contributed by atoms with Crippen LogP contribution < -0.4 is 5.32 Å². The summed E-state index contributed by atoms with van der Waals surface area (Å²) in [6.45, 7) is 1.75. The molecule has 0 bridgehead atoms. The van der Waals surface area contributed by atoms with E-state index >= 15 is 0 Å². The topological polar surface area (TPSA) is 63.2 Å². The normalized spacial score (nSPS) is 21.5. The zero-order valence-electron chi connectivity index (χ0n) is 14.4. The van der Waals surface area contributed by atoms with Crippen LogP contribution in [0.15, 0.2) is 53.4 Å². The van der Waals surface area contributed by atoms with Crippen molar-refractivity contribution in [1.29, 1.82) is 0 Å². The lowest BCUT2D eigenvalue weighted by Gasteiger charge is -2.24. The van der Waals surface area contributed by atoms with Crippen molar-refractivity contribution in [1.82, 2.24) is 5.32 Å². The Kier molecular flexibility index (Phi) is 5.39. The molecule has 0 radical (unpaired) electrons. The molecule has 26 heavy (non-hydrogen) atoms. The van der Waals surface area contributed by atoms with Gasteiger partial charge in [0.1, 0.15) is 5.82 Å². The van der Waals surface area contributed by atoms with Crippen LogP contribution in [0.4, 0.5) is 4.39 Å². The summed E-state index contributed by atoms with van der Waals surface area (Å²) in [7, 11) is -3.10. The molecule has 7 heteroatoms. The van der Waals surface area contributed by atoms with Crippen molar-refractivity contribution < 1.29 is 17.6 Å². The Bertz CT molecular complexity index is 930. The van der Waals surface area contributed by atoms with Crippen LogP contribution in [0.3, 0.4) is 0 Å². The summed E-state index contributed by atoms with van der Waals surface area (Å²) in [5.74, 6) is -0.126. The van der Waals surface area contributed by atoms with Gasteiger partial charge in [0.2, 0.25) is 0 Å². The third kappa shape index (κ3) is 4.45. The molecule has 0 aliphatic carbocycles. The Morgan fingerprint density at radius 2 is 1.88 bits per heavy atom. The summed E-state index contributed by atoms with van der Waals surface area (Å²) in [6.07, 6.45) is 0.408. The number of carbonyl (C=O) groups excluding carboxylic acids is 1. The highest BCUT2D eigenvalue weighted by Gasteiger charge is 2.39. The Morgan fingerprint density at radius 3 is 2.58 bits per heavy atom. The van der Waals surface area contributed by atoms with Gasteiger partial charge in [-0.05, 0) is 37.1 Å². The van der Waals surface area contributed by atoms with Gasteiger partial charge in [0.05, 0.1) is 22.6 Å². The first kappa shape index (κ1) is 18.9. The van der Waals surface area contributed by atoms with Crippen molar-refractivity contribution in [3.8, 4) is 0 Å². The second-order valence-corrected chi connectivity index (χ2v) is 9.93. The fourth-order valence-corrected chi connectivity index (χ4v) is 6.13. The smallest absolute Gasteiger partial charge is 0.252 e. The maximum atomic E-state index is 13.8. The lowest BCUT2D eigenvalue weighted by atomic mass is 10.0. The maximum absolute atomic E-state index is 13.8. The van der Waals surface area contributed by atoms with Gasteiger partial charge in [-0.3, -0.25) is 4.79 Å². The van der Waals surface area contributed by atoms with Crippen molar-refractivity contribution in [3.05, 3.63) is 65.5 Å². The van der Waals surface area contributed by atoms with Gasteiger partial charge >= 0.3 is 0 Å². The van der Waals surface area contributed by atoms with Crippen molar-refractivity contribution in [2.24, 2.45) is 0 Å². The molecule has 0 saturated carbocycles. The molecule has 138 valence electrons. The standard InChI is InChI=1S/C19H20FNO3S2/c1-19(10-11-26(23,24)13-19)21-18(22)15-7-3-5-9-17(15)25-12-14-6-2-4-8-16(14)20/h2-9H,10-13H2,1H3,(H,21,22). The van der Waals surface area contributed by atoms with Gasteiger partial charge in [0.25, 0.3) is 5.91 Å². The molecule has 1 N–H and O–H groups in total. The van der Waals surface area contributed by atoms with E-state index in [4.69, 9.17) is 0 Å². The molecule has 2 aromatic carbocycles. The van der Waals surface area contributed by atoms with Gasteiger partial charge in [-0.15, -0.1) is 11.8 Å². The lowest BCUT2D eigenvalue weighted by molar-refractivity contribution is 0.0912. The van der Waals surface area contributed by atoms with Crippen molar-refractivity contribution in [2.45, 2.75) is 29.5 Å². The summed E-state index contributed by atoms with van der Waals surface area (Å²) >= 11 is 1.38. The highest BCUT2D eigenvalue weighted by atomic mass is 32.2. The van der Waals surface area contributed by atoms with E-state index in [1.165, 1.54) is 17.8 Å². The Hall–Kier alpha value is -1.86. The minimum atomic E-state index is -3.10. The zero-order valence-corrected chi connectivity index (χ0v) is 16.0. The van der Waals surface area contributed by atoms with Crippen LogP contribution in [0.5, 0.6) is 0 Å². The summed E-state index contributed by atoms with van der Waals surface area (Å²) < 4.78 is 37.3. The number of rotatable bonds is 5. The van der Waals surface area contributed by atoms with E-state index in [0.717, 1.165) is 4.90 Å².